The minimum absolute atomic E-state index is 0.202. The number of carbonyl (C=O) groups is 2. The monoisotopic (exact) mass is 394 g/mol. The van der Waals surface area contributed by atoms with Gasteiger partial charge in [0.25, 0.3) is 0 Å². The van der Waals surface area contributed by atoms with Crippen LogP contribution in [-0.2, 0) is 22.4 Å². The topological polar surface area (TPSA) is 76.7 Å². The highest BCUT2D eigenvalue weighted by molar-refractivity contribution is 6.35. The first-order chi connectivity index (χ1) is 14.1. The Kier molecular flexibility index (Phi) is 5.69. The smallest absolute Gasteiger partial charge is 0.309 e. The zero-order chi connectivity index (χ0) is 20.2. The van der Waals surface area contributed by atoms with E-state index in [4.69, 9.17) is 9.47 Å². The van der Waals surface area contributed by atoms with E-state index in [1.807, 2.05) is 37.3 Å². The van der Waals surface area contributed by atoms with Crippen molar-refractivity contribution in [3.05, 3.63) is 59.2 Å². The van der Waals surface area contributed by atoms with E-state index in [0.717, 1.165) is 18.4 Å². The summed E-state index contributed by atoms with van der Waals surface area (Å²) in [6, 6.07) is 13.5. The van der Waals surface area contributed by atoms with E-state index in [1.54, 1.807) is 0 Å². The Morgan fingerprint density at radius 2 is 1.79 bits per heavy atom. The number of rotatable bonds is 4. The highest BCUT2D eigenvalue weighted by Gasteiger charge is 2.23. The van der Waals surface area contributed by atoms with E-state index >= 15 is 0 Å². The minimum atomic E-state index is -0.669. The predicted molar refractivity (Wildman–Crippen MR) is 109 cm³/mol. The molecule has 152 valence electrons. The Morgan fingerprint density at radius 1 is 1.03 bits per heavy atom. The maximum Gasteiger partial charge on any atom is 0.309 e. The zero-order valence-electron chi connectivity index (χ0n) is 16.6. The van der Waals surface area contributed by atoms with Gasteiger partial charge in [0.05, 0.1) is 12.6 Å². The second-order valence-electron chi connectivity index (χ2n) is 7.64. The molecule has 0 bridgehead atoms. The standard InChI is InChI=1S/C23H26N2O4/c1-15(17-11-10-16-6-2-3-7-18(16)12-17)25-23(27)22(26)24-13-19-14-28-20-8-4-5-9-21(20)29-19/h4-5,8-12,15,19H,2-3,6-7,13-14H2,1H3,(H,24,26)(H,25,27). The molecule has 1 heterocycles. The highest BCUT2D eigenvalue weighted by Crippen LogP contribution is 2.30. The molecule has 0 spiro atoms. The maximum absolute atomic E-state index is 12.3. The third-order valence-electron chi connectivity index (χ3n) is 5.48. The van der Waals surface area contributed by atoms with Gasteiger partial charge in [-0.2, -0.15) is 0 Å². The van der Waals surface area contributed by atoms with E-state index < -0.39 is 11.8 Å². The molecular weight excluding hydrogens is 368 g/mol. The van der Waals surface area contributed by atoms with Crippen LogP contribution < -0.4 is 20.1 Å². The number of aryl methyl sites for hydroxylation is 2. The summed E-state index contributed by atoms with van der Waals surface area (Å²) in [6.45, 7) is 2.42. The fourth-order valence-corrected chi connectivity index (χ4v) is 3.82. The summed E-state index contributed by atoms with van der Waals surface area (Å²) in [5.74, 6) is 0.0137. The van der Waals surface area contributed by atoms with Gasteiger partial charge in [-0.1, -0.05) is 30.3 Å². The fourth-order valence-electron chi connectivity index (χ4n) is 3.82. The number of benzene rings is 2. The summed E-state index contributed by atoms with van der Waals surface area (Å²) in [6.07, 6.45) is 4.31. The lowest BCUT2D eigenvalue weighted by molar-refractivity contribution is -0.139. The molecule has 6 nitrogen and oxygen atoms in total. The number of nitrogens with one attached hydrogen (secondary N) is 2. The van der Waals surface area contributed by atoms with Gasteiger partial charge in [0.2, 0.25) is 0 Å². The Morgan fingerprint density at radius 3 is 2.62 bits per heavy atom. The molecule has 0 aromatic heterocycles. The Balaban J connectivity index is 1.28. The number of fused-ring (bicyclic) bond motifs is 2. The van der Waals surface area contributed by atoms with Crippen molar-refractivity contribution in [2.75, 3.05) is 13.2 Å². The van der Waals surface area contributed by atoms with Gasteiger partial charge in [-0.15, -0.1) is 0 Å². The van der Waals surface area contributed by atoms with Gasteiger partial charge >= 0.3 is 11.8 Å². The molecule has 1 aliphatic carbocycles. The molecule has 2 unspecified atom stereocenters. The Hall–Kier alpha value is -3.02. The summed E-state index contributed by atoms with van der Waals surface area (Å²) >= 11 is 0. The number of ether oxygens (including phenoxy) is 2. The quantitative estimate of drug-likeness (QED) is 0.782. The fraction of sp³-hybridized carbons (Fsp3) is 0.391. The summed E-state index contributed by atoms with van der Waals surface area (Å²) in [4.78, 5) is 24.5. The van der Waals surface area contributed by atoms with Crippen LogP contribution in [0.5, 0.6) is 11.5 Å². The van der Waals surface area contributed by atoms with Gasteiger partial charge in [0, 0.05) is 0 Å². The predicted octanol–water partition coefficient (Wildman–Crippen LogP) is 2.70. The van der Waals surface area contributed by atoms with Crippen molar-refractivity contribution in [1.82, 2.24) is 10.6 Å². The van der Waals surface area contributed by atoms with Gasteiger partial charge in [0.1, 0.15) is 12.7 Å². The number of para-hydroxylation sites is 2. The van der Waals surface area contributed by atoms with Gasteiger partial charge in [0.15, 0.2) is 11.5 Å². The maximum atomic E-state index is 12.3. The largest absolute Gasteiger partial charge is 0.486 e. The van der Waals surface area contributed by atoms with Gasteiger partial charge < -0.3 is 20.1 Å². The van der Waals surface area contributed by atoms with Gasteiger partial charge in [-0.25, -0.2) is 0 Å². The summed E-state index contributed by atoms with van der Waals surface area (Å²) in [7, 11) is 0. The summed E-state index contributed by atoms with van der Waals surface area (Å²) < 4.78 is 11.4. The van der Waals surface area contributed by atoms with E-state index in [2.05, 4.69) is 22.8 Å². The first-order valence-corrected chi connectivity index (χ1v) is 10.2. The molecule has 2 N–H and O–H groups in total. The molecule has 2 aromatic rings. The lowest BCUT2D eigenvalue weighted by atomic mass is 9.89. The van der Waals surface area contributed by atoms with E-state index in [-0.39, 0.29) is 18.7 Å². The average molecular weight is 394 g/mol. The Bertz CT molecular complexity index is 912. The first kappa shape index (κ1) is 19.3. The van der Waals surface area contributed by atoms with Crippen LogP contribution in [-0.4, -0.2) is 31.1 Å². The molecule has 4 rings (SSSR count). The molecule has 2 atom stereocenters. The molecule has 0 saturated heterocycles. The zero-order valence-corrected chi connectivity index (χ0v) is 16.6. The van der Waals surface area contributed by atoms with Crippen molar-refractivity contribution in [2.24, 2.45) is 0 Å². The van der Waals surface area contributed by atoms with Gasteiger partial charge in [-0.05, 0) is 61.4 Å². The van der Waals surface area contributed by atoms with Crippen molar-refractivity contribution in [2.45, 2.75) is 44.8 Å². The lowest BCUT2D eigenvalue weighted by Crippen LogP contribution is -2.46. The third-order valence-corrected chi connectivity index (χ3v) is 5.48. The molecule has 2 aliphatic rings. The summed E-state index contributed by atoms with van der Waals surface area (Å²) in [5.41, 5.74) is 3.77. The first-order valence-electron chi connectivity index (χ1n) is 10.2. The molecule has 6 heteroatoms. The van der Waals surface area contributed by atoms with Gasteiger partial charge in [-0.3, -0.25) is 9.59 Å². The molecule has 2 amide bonds. The van der Waals surface area contributed by atoms with E-state index in [1.165, 1.54) is 24.0 Å². The second kappa shape index (κ2) is 8.55. The SMILES string of the molecule is CC(NC(=O)C(=O)NCC1COc2ccccc2O1)c1ccc2c(c1)CCCC2. The molecule has 0 fully saturated rings. The van der Waals surface area contributed by atoms with Crippen molar-refractivity contribution in [3.63, 3.8) is 0 Å². The van der Waals surface area contributed by atoms with Crippen LogP contribution in [0.15, 0.2) is 42.5 Å². The number of carbonyl (C=O) groups excluding carboxylic acids is 2. The normalized spacial score (nSPS) is 18.3. The Labute approximate surface area is 170 Å². The third kappa shape index (κ3) is 4.53. The van der Waals surface area contributed by atoms with Crippen molar-refractivity contribution >= 4 is 11.8 Å². The number of hydrogen-bond donors (Lipinski definition) is 2. The van der Waals surface area contributed by atoms with Crippen molar-refractivity contribution in [1.29, 1.82) is 0 Å². The van der Waals surface area contributed by atoms with Crippen LogP contribution in [0.4, 0.5) is 0 Å². The number of hydrogen-bond acceptors (Lipinski definition) is 4. The van der Waals surface area contributed by atoms with Crippen LogP contribution in [0.25, 0.3) is 0 Å². The molecular formula is C23H26N2O4. The minimum Gasteiger partial charge on any atom is -0.486 e. The van der Waals surface area contributed by atoms with E-state index in [0.29, 0.717) is 18.1 Å². The number of amides is 2. The van der Waals surface area contributed by atoms with Crippen molar-refractivity contribution < 1.29 is 19.1 Å². The lowest BCUT2D eigenvalue weighted by Gasteiger charge is -2.26. The molecule has 0 saturated carbocycles. The van der Waals surface area contributed by atoms with Crippen molar-refractivity contribution in [3.8, 4) is 11.5 Å². The molecule has 1 aliphatic heterocycles. The van der Waals surface area contributed by atoms with Crippen LogP contribution in [0, 0.1) is 0 Å². The van der Waals surface area contributed by atoms with Crippen LogP contribution in [0.1, 0.15) is 42.5 Å². The van der Waals surface area contributed by atoms with Crippen LogP contribution >= 0.6 is 0 Å². The molecule has 2 aromatic carbocycles. The molecule has 29 heavy (non-hydrogen) atoms. The van der Waals surface area contributed by atoms with Crippen LogP contribution in [0.3, 0.4) is 0 Å². The van der Waals surface area contributed by atoms with Crippen LogP contribution in [0.2, 0.25) is 0 Å². The highest BCUT2D eigenvalue weighted by atomic mass is 16.6. The summed E-state index contributed by atoms with van der Waals surface area (Å²) in [5, 5.41) is 5.42. The second-order valence-corrected chi connectivity index (χ2v) is 7.64. The molecule has 0 radical (unpaired) electrons. The average Bonchev–Trinajstić information content (AvgIpc) is 2.76. The van der Waals surface area contributed by atoms with E-state index in [9.17, 15) is 9.59 Å².